The summed E-state index contributed by atoms with van der Waals surface area (Å²) in [5.41, 5.74) is 4.35. The van der Waals surface area contributed by atoms with E-state index in [0.29, 0.717) is 39.5 Å². The highest BCUT2D eigenvalue weighted by atomic mass is 16.5. The molecule has 6 nitrogen and oxygen atoms in total. The van der Waals surface area contributed by atoms with Gasteiger partial charge in [0.1, 0.15) is 5.69 Å². The summed E-state index contributed by atoms with van der Waals surface area (Å²) < 4.78 is 5.56. The number of hydrogen-bond acceptors (Lipinski definition) is 5. The molecule has 0 atom stereocenters. The van der Waals surface area contributed by atoms with Crippen molar-refractivity contribution < 1.29 is 9.32 Å². The molecule has 1 fully saturated rings. The minimum Gasteiger partial charge on any atom is -0.335 e. The van der Waals surface area contributed by atoms with Gasteiger partial charge in [0.2, 0.25) is 0 Å². The van der Waals surface area contributed by atoms with Crippen LogP contribution in [0.5, 0.6) is 0 Å². The molecule has 30 heavy (non-hydrogen) atoms. The van der Waals surface area contributed by atoms with Gasteiger partial charge in [-0.25, -0.2) is 4.98 Å². The Morgan fingerprint density at radius 3 is 2.67 bits per heavy atom. The van der Waals surface area contributed by atoms with Crippen molar-refractivity contribution in [3.8, 4) is 17.3 Å². The molecule has 2 aromatic carbocycles. The third-order valence-corrected chi connectivity index (χ3v) is 5.41. The van der Waals surface area contributed by atoms with Crippen LogP contribution in [0.4, 0.5) is 5.69 Å². The lowest BCUT2D eigenvalue weighted by atomic mass is 10.0. The summed E-state index contributed by atoms with van der Waals surface area (Å²) in [6.07, 6.45) is 2.12. The number of rotatable bonds is 4. The van der Waals surface area contributed by atoms with Crippen molar-refractivity contribution >= 4 is 22.7 Å². The molecule has 0 N–H and O–H groups in total. The van der Waals surface area contributed by atoms with Crippen LogP contribution in [0.2, 0.25) is 0 Å². The Morgan fingerprint density at radius 1 is 1.13 bits per heavy atom. The Morgan fingerprint density at radius 2 is 1.93 bits per heavy atom. The number of hydrogen-bond donors (Lipinski definition) is 0. The van der Waals surface area contributed by atoms with E-state index in [1.54, 1.807) is 30.1 Å². The highest BCUT2D eigenvalue weighted by molar-refractivity contribution is 6.15. The number of amides is 1. The van der Waals surface area contributed by atoms with Crippen LogP contribution in [-0.2, 0) is 0 Å². The third-order valence-electron chi connectivity index (χ3n) is 5.41. The molecule has 1 aliphatic rings. The zero-order valence-corrected chi connectivity index (χ0v) is 16.4. The van der Waals surface area contributed by atoms with Crippen molar-refractivity contribution in [2.24, 2.45) is 0 Å². The van der Waals surface area contributed by atoms with Crippen molar-refractivity contribution in [3.63, 3.8) is 0 Å². The summed E-state index contributed by atoms with van der Waals surface area (Å²) in [4.78, 5) is 19.8. The minimum absolute atomic E-state index is 0.195. The van der Waals surface area contributed by atoms with Crippen molar-refractivity contribution in [2.45, 2.75) is 18.8 Å². The zero-order valence-electron chi connectivity index (χ0n) is 16.4. The largest absolute Gasteiger partial charge is 0.335 e. The van der Waals surface area contributed by atoms with E-state index in [0.717, 1.165) is 24.1 Å². The van der Waals surface area contributed by atoms with Gasteiger partial charge in [-0.2, -0.15) is 5.26 Å². The van der Waals surface area contributed by atoms with E-state index >= 15 is 0 Å². The first-order valence-corrected chi connectivity index (χ1v) is 9.79. The SMILES string of the molecule is CN(C(=O)c1cc(C2CC2)nc2onc(-c3ccccc3)c12)c1cccc(C#N)c1. The second-order valence-electron chi connectivity index (χ2n) is 7.47. The first kappa shape index (κ1) is 18.1. The molecule has 2 aromatic heterocycles. The normalized spacial score (nSPS) is 13.2. The van der Waals surface area contributed by atoms with Crippen molar-refractivity contribution in [3.05, 3.63) is 77.5 Å². The fourth-order valence-electron chi connectivity index (χ4n) is 3.60. The number of aromatic nitrogens is 2. The maximum absolute atomic E-state index is 13.6. The van der Waals surface area contributed by atoms with Gasteiger partial charge in [0, 0.05) is 29.9 Å². The van der Waals surface area contributed by atoms with Crippen LogP contribution in [0.15, 0.2) is 65.2 Å². The summed E-state index contributed by atoms with van der Waals surface area (Å²) in [7, 11) is 1.71. The lowest BCUT2D eigenvalue weighted by Gasteiger charge is -2.18. The topological polar surface area (TPSA) is 83.0 Å². The van der Waals surface area contributed by atoms with Crippen LogP contribution < -0.4 is 4.90 Å². The zero-order chi connectivity index (χ0) is 20.7. The van der Waals surface area contributed by atoms with Gasteiger partial charge in [-0.15, -0.1) is 0 Å². The second-order valence-corrected chi connectivity index (χ2v) is 7.47. The molecule has 6 heteroatoms. The number of fused-ring (bicyclic) bond motifs is 1. The first-order valence-electron chi connectivity index (χ1n) is 9.79. The molecular formula is C24H18N4O2. The molecule has 0 spiro atoms. The fourth-order valence-corrected chi connectivity index (χ4v) is 3.60. The van der Waals surface area contributed by atoms with E-state index in [9.17, 15) is 10.1 Å². The molecule has 5 rings (SSSR count). The van der Waals surface area contributed by atoms with E-state index < -0.39 is 0 Å². The maximum atomic E-state index is 13.6. The summed E-state index contributed by atoms with van der Waals surface area (Å²) in [5.74, 6) is 0.165. The van der Waals surface area contributed by atoms with Crippen LogP contribution in [0.25, 0.3) is 22.4 Å². The van der Waals surface area contributed by atoms with Gasteiger partial charge >= 0.3 is 0 Å². The van der Waals surface area contributed by atoms with Gasteiger partial charge in [0.05, 0.1) is 22.6 Å². The minimum atomic E-state index is -0.195. The average Bonchev–Trinajstić information content (AvgIpc) is 3.57. The number of carbonyl (C=O) groups is 1. The van der Waals surface area contributed by atoms with Crippen molar-refractivity contribution in [1.82, 2.24) is 10.1 Å². The van der Waals surface area contributed by atoms with Crippen LogP contribution >= 0.6 is 0 Å². The number of pyridine rings is 1. The van der Waals surface area contributed by atoms with Crippen molar-refractivity contribution in [2.75, 3.05) is 11.9 Å². The smallest absolute Gasteiger partial charge is 0.259 e. The van der Waals surface area contributed by atoms with Crippen LogP contribution in [-0.4, -0.2) is 23.1 Å². The molecule has 0 aliphatic heterocycles. The highest BCUT2D eigenvalue weighted by Gasteiger charge is 2.30. The molecule has 2 heterocycles. The van der Waals surface area contributed by atoms with Gasteiger partial charge in [-0.1, -0.05) is 41.6 Å². The second kappa shape index (κ2) is 7.12. The molecule has 0 radical (unpaired) electrons. The summed E-state index contributed by atoms with van der Waals surface area (Å²) in [6.45, 7) is 0. The highest BCUT2D eigenvalue weighted by Crippen LogP contribution is 2.41. The molecule has 1 saturated carbocycles. The Bertz CT molecular complexity index is 1300. The number of nitrogens with zero attached hydrogens (tertiary/aromatic N) is 4. The van der Waals surface area contributed by atoms with Gasteiger partial charge < -0.3 is 9.42 Å². The predicted octanol–water partition coefficient (Wildman–Crippen LogP) is 4.92. The number of nitriles is 1. The van der Waals surface area contributed by atoms with E-state index in [4.69, 9.17) is 4.52 Å². The van der Waals surface area contributed by atoms with Gasteiger partial charge in [-0.05, 0) is 37.1 Å². The molecule has 146 valence electrons. The van der Waals surface area contributed by atoms with Gasteiger partial charge in [0.25, 0.3) is 11.6 Å². The van der Waals surface area contributed by atoms with Crippen LogP contribution in [0, 0.1) is 11.3 Å². The Hall–Kier alpha value is -3.98. The monoisotopic (exact) mass is 394 g/mol. The lowest BCUT2D eigenvalue weighted by Crippen LogP contribution is -2.26. The van der Waals surface area contributed by atoms with E-state index in [-0.39, 0.29) is 5.91 Å². The lowest BCUT2D eigenvalue weighted by molar-refractivity contribution is 0.0994. The quantitative estimate of drug-likeness (QED) is 0.491. The Kier molecular flexibility index (Phi) is 4.29. The standard InChI is InChI=1S/C24H18N4O2/c1-28(18-9-5-6-15(12-18)14-25)24(29)19-13-20(16-10-11-16)26-23-21(19)22(27-30-23)17-7-3-2-4-8-17/h2-9,12-13,16H,10-11H2,1H3. The van der Waals surface area contributed by atoms with Gasteiger partial charge in [0.15, 0.2) is 0 Å². The Labute approximate surface area is 173 Å². The maximum Gasteiger partial charge on any atom is 0.259 e. The van der Waals surface area contributed by atoms with Gasteiger partial charge in [-0.3, -0.25) is 4.79 Å². The third kappa shape index (κ3) is 3.11. The van der Waals surface area contributed by atoms with E-state index in [1.807, 2.05) is 42.5 Å². The molecule has 1 aliphatic carbocycles. The summed E-state index contributed by atoms with van der Waals surface area (Å²) >= 11 is 0. The molecule has 0 saturated heterocycles. The van der Waals surface area contributed by atoms with E-state index in [2.05, 4.69) is 16.2 Å². The molecular weight excluding hydrogens is 376 g/mol. The first-order chi connectivity index (χ1) is 14.7. The Balaban J connectivity index is 1.67. The van der Waals surface area contributed by atoms with E-state index in [1.165, 1.54) is 0 Å². The molecule has 4 aromatic rings. The predicted molar refractivity (Wildman–Crippen MR) is 113 cm³/mol. The number of benzene rings is 2. The summed E-state index contributed by atoms with van der Waals surface area (Å²) in [5, 5.41) is 14.0. The summed E-state index contributed by atoms with van der Waals surface area (Å²) in [6, 6.07) is 20.6. The number of carbonyl (C=O) groups excluding carboxylic acids is 1. The van der Waals surface area contributed by atoms with Crippen LogP contribution in [0.1, 0.15) is 40.4 Å². The number of anilines is 1. The van der Waals surface area contributed by atoms with Crippen molar-refractivity contribution in [1.29, 1.82) is 5.26 Å². The molecule has 0 unspecified atom stereocenters. The van der Waals surface area contributed by atoms with Crippen LogP contribution in [0.3, 0.4) is 0 Å². The fraction of sp³-hybridized carbons (Fsp3) is 0.167. The molecule has 0 bridgehead atoms. The average molecular weight is 394 g/mol. The molecule has 1 amide bonds.